The number of rotatable bonds is 5. The molecule has 2 atom stereocenters. The highest BCUT2D eigenvalue weighted by Gasteiger charge is 2.22. The van der Waals surface area contributed by atoms with E-state index in [4.69, 9.17) is 5.73 Å². The van der Waals surface area contributed by atoms with Crippen LogP contribution in [0.5, 0.6) is 0 Å². The standard InChI is InChI=1S/C11H24N2/c1-3-7-13(4-2)9-10-5-6-11(12)8-10/h10-11H,3-9,12H2,1-2H3. The van der Waals surface area contributed by atoms with Crippen LogP contribution in [0, 0.1) is 5.92 Å². The van der Waals surface area contributed by atoms with Crippen molar-refractivity contribution in [3.8, 4) is 0 Å². The highest BCUT2D eigenvalue weighted by atomic mass is 15.1. The average Bonchev–Trinajstić information content (AvgIpc) is 2.50. The van der Waals surface area contributed by atoms with Gasteiger partial charge in [0.05, 0.1) is 0 Å². The van der Waals surface area contributed by atoms with Crippen LogP contribution in [0.1, 0.15) is 39.5 Å². The molecule has 1 aliphatic rings. The fourth-order valence-electron chi connectivity index (χ4n) is 2.34. The van der Waals surface area contributed by atoms with Crippen LogP contribution in [0.3, 0.4) is 0 Å². The van der Waals surface area contributed by atoms with Crippen LogP contribution in [-0.2, 0) is 0 Å². The molecule has 0 aromatic carbocycles. The Hall–Kier alpha value is -0.0800. The zero-order valence-electron chi connectivity index (χ0n) is 9.13. The van der Waals surface area contributed by atoms with Gasteiger partial charge in [-0.3, -0.25) is 0 Å². The summed E-state index contributed by atoms with van der Waals surface area (Å²) < 4.78 is 0. The van der Waals surface area contributed by atoms with Crippen LogP contribution >= 0.6 is 0 Å². The van der Waals surface area contributed by atoms with E-state index < -0.39 is 0 Å². The Labute approximate surface area is 82.5 Å². The highest BCUT2D eigenvalue weighted by molar-refractivity contribution is 4.79. The van der Waals surface area contributed by atoms with Gasteiger partial charge in [0.25, 0.3) is 0 Å². The fourth-order valence-corrected chi connectivity index (χ4v) is 2.34. The Bertz CT molecular complexity index is 134. The molecule has 0 radical (unpaired) electrons. The van der Waals surface area contributed by atoms with Gasteiger partial charge in [0.1, 0.15) is 0 Å². The minimum absolute atomic E-state index is 0.491. The van der Waals surface area contributed by atoms with Crippen LogP contribution in [-0.4, -0.2) is 30.6 Å². The summed E-state index contributed by atoms with van der Waals surface area (Å²) in [4.78, 5) is 2.56. The predicted molar refractivity (Wildman–Crippen MR) is 57.7 cm³/mol. The largest absolute Gasteiger partial charge is 0.328 e. The summed E-state index contributed by atoms with van der Waals surface area (Å²) in [7, 11) is 0. The van der Waals surface area contributed by atoms with Crippen LogP contribution in [0.25, 0.3) is 0 Å². The van der Waals surface area contributed by atoms with Gasteiger partial charge in [-0.25, -0.2) is 0 Å². The summed E-state index contributed by atoms with van der Waals surface area (Å²) in [6.45, 7) is 8.23. The molecular weight excluding hydrogens is 160 g/mol. The van der Waals surface area contributed by atoms with Gasteiger partial charge in [-0.05, 0) is 44.7 Å². The number of hydrogen-bond donors (Lipinski definition) is 1. The van der Waals surface area contributed by atoms with Gasteiger partial charge >= 0.3 is 0 Å². The van der Waals surface area contributed by atoms with Crippen molar-refractivity contribution in [2.45, 2.75) is 45.6 Å². The molecule has 1 aliphatic carbocycles. The Morgan fingerprint density at radius 2 is 2.08 bits per heavy atom. The maximum absolute atomic E-state index is 5.90. The van der Waals surface area contributed by atoms with Gasteiger partial charge in [-0.1, -0.05) is 13.8 Å². The summed E-state index contributed by atoms with van der Waals surface area (Å²) in [6.07, 6.45) is 5.11. The normalized spacial score (nSPS) is 28.6. The van der Waals surface area contributed by atoms with Gasteiger partial charge < -0.3 is 10.6 Å². The van der Waals surface area contributed by atoms with Gasteiger partial charge in [0.15, 0.2) is 0 Å². The Morgan fingerprint density at radius 1 is 1.31 bits per heavy atom. The van der Waals surface area contributed by atoms with Crippen LogP contribution in [0.4, 0.5) is 0 Å². The first-order chi connectivity index (χ1) is 6.26. The molecule has 2 unspecified atom stereocenters. The first-order valence-corrected chi connectivity index (χ1v) is 5.74. The third-order valence-corrected chi connectivity index (χ3v) is 3.09. The maximum atomic E-state index is 5.90. The quantitative estimate of drug-likeness (QED) is 0.706. The molecule has 0 bridgehead atoms. The van der Waals surface area contributed by atoms with E-state index in [0.717, 1.165) is 5.92 Å². The van der Waals surface area contributed by atoms with E-state index in [0.29, 0.717) is 6.04 Å². The Balaban J connectivity index is 2.21. The third-order valence-electron chi connectivity index (χ3n) is 3.09. The van der Waals surface area contributed by atoms with E-state index in [9.17, 15) is 0 Å². The number of nitrogens with zero attached hydrogens (tertiary/aromatic N) is 1. The Kier molecular flexibility index (Phi) is 4.74. The molecule has 0 saturated heterocycles. The second-order valence-electron chi connectivity index (χ2n) is 4.33. The lowest BCUT2D eigenvalue weighted by atomic mass is 10.1. The van der Waals surface area contributed by atoms with E-state index in [2.05, 4.69) is 18.7 Å². The summed E-state index contributed by atoms with van der Waals surface area (Å²) in [6, 6.07) is 0.491. The molecule has 1 rings (SSSR count). The molecule has 0 aliphatic heterocycles. The highest BCUT2D eigenvalue weighted by Crippen LogP contribution is 2.24. The van der Waals surface area contributed by atoms with Crippen LogP contribution in [0.15, 0.2) is 0 Å². The zero-order valence-corrected chi connectivity index (χ0v) is 9.13. The first-order valence-electron chi connectivity index (χ1n) is 5.74. The molecule has 1 saturated carbocycles. The minimum Gasteiger partial charge on any atom is -0.328 e. The van der Waals surface area contributed by atoms with Crippen molar-refractivity contribution < 1.29 is 0 Å². The molecule has 0 spiro atoms. The van der Waals surface area contributed by atoms with Gasteiger partial charge in [-0.15, -0.1) is 0 Å². The summed E-state index contributed by atoms with van der Waals surface area (Å²) in [5.74, 6) is 0.876. The van der Waals surface area contributed by atoms with Gasteiger partial charge in [0.2, 0.25) is 0 Å². The van der Waals surface area contributed by atoms with Crippen molar-refractivity contribution >= 4 is 0 Å². The molecule has 2 nitrogen and oxygen atoms in total. The van der Waals surface area contributed by atoms with Crippen molar-refractivity contribution in [3.05, 3.63) is 0 Å². The lowest BCUT2D eigenvalue weighted by Crippen LogP contribution is -2.30. The summed E-state index contributed by atoms with van der Waals surface area (Å²) in [5.41, 5.74) is 5.90. The maximum Gasteiger partial charge on any atom is 0.00420 e. The topological polar surface area (TPSA) is 29.3 Å². The van der Waals surface area contributed by atoms with Gasteiger partial charge in [0, 0.05) is 12.6 Å². The molecule has 0 amide bonds. The third kappa shape index (κ3) is 3.65. The zero-order chi connectivity index (χ0) is 9.68. The van der Waals surface area contributed by atoms with Crippen molar-refractivity contribution in [2.75, 3.05) is 19.6 Å². The van der Waals surface area contributed by atoms with Crippen molar-refractivity contribution in [2.24, 2.45) is 11.7 Å². The Morgan fingerprint density at radius 3 is 2.54 bits per heavy atom. The molecule has 13 heavy (non-hydrogen) atoms. The number of hydrogen-bond acceptors (Lipinski definition) is 2. The smallest absolute Gasteiger partial charge is 0.00420 e. The van der Waals surface area contributed by atoms with Gasteiger partial charge in [-0.2, -0.15) is 0 Å². The van der Waals surface area contributed by atoms with E-state index >= 15 is 0 Å². The fraction of sp³-hybridized carbons (Fsp3) is 1.00. The van der Waals surface area contributed by atoms with Crippen molar-refractivity contribution in [3.63, 3.8) is 0 Å². The summed E-state index contributed by atoms with van der Waals surface area (Å²) >= 11 is 0. The monoisotopic (exact) mass is 184 g/mol. The lowest BCUT2D eigenvalue weighted by molar-refractivity contribution is 0.242. The van der Waals surface area contributed by atoms with E-state index in [1.165, 1.54) is 45.3 Å². The second kappa shape index (κ2) is 5.61. The number of nitrogens with two attached hydrogens (primary N) is 1. The van der Waals surface area contributed by atoms with Crippen molar-refractivity contribution in [1.82, 2.24) is 4.90 Å². The molecule has 0 aromatic heterocycles. The molecule has 78 valence electrons. The predicted octanol–water partition coefficient (Wildman–Crippen LogP) is 1.85. The molecule has 1 fully saturated rings. The lowest BCUT2D eigenvalue weighted by Gasteiger charge is -2.23. The first kappa shape index (κ1) is 11.0. The molecule has 2 N–H and O–H groups in total. The van der Waals surface area contributed by atoms with Crippen LogP contribution < -0.4 is 5.73 Å². The second-order valence-corrected chi connectivity index (χ2v) is 4.33. The average molecular weight is 184 g/mol. The molecular formula is C11H24N2. The molecule has 0 heterocycles. The molecule has 0 aromatic rings. The molecule has 2 heteroatoms. The van der Waals surface area contributed by atoms with E-state index in [-0.39, 0.29) is 0 Å². The van der Waals surface area contributed by atoms with Crippen LogP contribution in [0.2, 0.25) is 0 Å². The van der Waals surface area contributed by atoms with E-state index in [1.807, 2.05) is 0 Å². The van der Waals surface area contributed by atoms with E-state index in [1.54, 1.807) is 0 Å². The minimum atomic E-state index is 0.491. The SMILES string of the molecule is CCCN(CC)CC1CCC(N)C1. The van der Waals surface area contributed by atoms with Crippen molar-refractivity contribution in [1.29, 1.82) is 0 Å². The summed E-state index contributed by atoms with van der Waals surface area (Å²) in [5, 5.41) is 0.